The molecule has 11 heteroatoms. The number of Topliss-reactive ketones (excluding diaryl/α,β-unsaturated/α-hetero) is 1. The molecule has 0 radical (unpaired) electrons. The number of hydrogen-bond acceptors (Lipinski definition) is 11. The maximum absolute atomic E-state index is 13.6. The van der Waals surface area contributed by atoms with Gasteiger partial charge in [-0.2, -0.15) is 0 Å². The zero-order valence-electron chi connectivity index (χ0n) is 21.1. The lowest BCUT2D eigenvalue weighted by Crippen LogP contribution is -2.52. The van der Waals surface area contributed by atoms with Crippen molar-refractivity contribution in [3.05, 3.63) is 51.6 Å². The van der Waals surface area contributed by atoms with E-state index in [-0.39, 0.29) is 58.4 Å². The predicted molar refractivity (Wildman–Crippen MR) is 130 cm³/mol. The number of carbonyl (C=O) groups is 3. The minimum Gasteiger partial charge on any atom is -0.507 e. The van der Waals surface area contributed by atoms with Gasteiger partial charge in [-0.1, -0.05) is 12.1 Å². The molecular weight excluding hydrogens is 498 g/mol. The number of rotatable bonds is 4. The normalized spacial score (nSPS) is 30.3. The van der Waals surface area contributed by atoms with Gasteiger partial charge < -0.3 is 40.4 Å². The van der Waals surface area contributed by atoms with E-state index in [0.717, 1.165) is 0 Å². The van der Waals surface area contributed by atoms with Crippen molar-refractivity contribution in [3.8, 4) is 17.2 Å². The lowest BCUT2D eigenvalue weighted by Gasteiger charge is -2.42. The first-order valence-electron chi connectivity index (χ1n) is 12.2. The molecule has 38 heavy (non-hydrogen) atoms. The largest absolute Gasteiger partial charge is 0.507 e. The number of benzene rings is 2. The topological polar surface area (TPSA) is 186 Å². The maximum atomic E-state index is 13.6. The summed E-state index contributed by atoms with van der Waals surface area (Å²) in [7, 11) is 1.27. The molecule has 1 saturated heterocycles. The van der Waals surface area contributed by atoms with E-state index in [2.05, 4.69) is 0 Å². The van der Waals surface area contributed by atoms with Crippen LogP contribution < -0.4 is 10.5 Å². The van der Waals surface area contributed by atoms with Crippen LogP contribution in [0.25, 0.3) is 0 Å². The van der Waals surface area contributed by atoms with Crippen LogP contribution in [-0.4, -0.2) is 75.0 Å². The Morgan fingerprint density at radius 3 is 2.50 bits per heavy atom. The van der Waals surface area contributed by atoms with Gasteiger partial charge in [0, 0.05) is 42.0 Å². The number of phenolic OH excluding ortho intramolecular Hbond substituents is 2. The Hall–Kier alpha value is -3.35. The molecule has 2 aromatic rings. The van der Waals surface area contributed by atoms with Crippen LogP contribution in [0.3, 0.4) is 0 Å². The van der Waals surface area contributed by atoms with Gasteiger partial charge in [0.05, 0.1) is 42.1 Å². The third kappa shape index (κ3) is 3.81. The summed E-state index contributed by atoms with van der Waals surface area (Å²) in [5, 5.41) is 43.3. The number of fused-ring (bicyclic) bond motifs is 3. The zero-order valence-corrected chi connectivity index (χ0v) is 21.1. The summed E-state index contributed by atoms with van der Waals surface area (Å²) < 4.78 is 17.5. The highest BCUT2D eigenvalue weighted by Crippen LogP contribution is 2.52. The van der Waals surface area contributed by atoms with E-state index in [9.17, 15) is 34.8 Å². The molecule has 0 saturated carbocycles. The molecule has 0 spiro atoms. The van der Waals surface area contributed by atoms with E-state index < -0.39 is 65.1 Å². The SMILES string of the molecule is COc1c2c(c(O)c3c1C(=O)c1cccc(O)c1C3=O)[C@@H](O[C@H]1C[C@H](N)[C@H](O)[C@H](C)O1)C[C@](O)(C(C)=O)C2. The zero-order chi connectivity index (χ0) is 27.7. The molecule has 6 atom stereocenters. The summed E-state index contributed by atoms with van der Waals surface area (Å²) in [4.78, 5) is 39.7. The highest BCUT2D eigenvalue weighted by atomic mass is 16.7. The molecule has 3 aliphatic rings. The van der Waals surface area contributed by atoms with Crippen molar-refractivity contribution >= 4 is 17.3 Å². The Kier molecular flexibility index (Phi) is 6.32. The number of nitrogens with two attached hydrogens (primary N) is 1. The van der Waals surface area contributed by atoms with Crippen molar-refractivity contribution in [1.29, 1.82) is 0 Å². The number of ether oxygens (including phenoxy) is 3. The second-order valence-electron chi connectivity index (χ2n) is 10.1. The molecule has 0 bridgehead atoms. The van der Waals surface area contributed by atoms with Gasteiger partial charge in [0.1, 0.15) is 22.8 Å². The summed E-state index contributed by atoms with van der Waals surface area (Å²) >= 11 is 0. The van der Waals surface area contributed by atoms with E-state index in [0.29, 0.717) is 0 Å². The number of aromatic hydroxyl groups is 2. The first-order valence-corrected chi connectivity index (χ1v) is 12.2. The molecule has 1 fully saturated rings. The van der Waals surface area contributed by atoms with Gasteiger partial charge in [0.25, 0.3) is 0 Å². The van der Waals surface area contributed by atoms with Crippen LogP contribution >= 0.6 is 0 Å². The number of hydrogen-bond donors (Lipinski definition) is 5. The number of aliphatic hydroxyl groups excluding tert-OH is 1. The van der Waals surface area contributed by atoms with Gasteiger partial charge in [-0.25, -0.2) is 0 Å². The number of phenols is 2. The fourth-order valence-electron chi connectivity index (χ4n) is 5.71. The van der Waals surface area contributed by atoms with Gasteiger partial charge in [-0.15, -0.1) is 0 Å². The Morgan fingerprint density at radius 2 is 1.87 bits per heavy atom. The monoisotopic (exact) mass is 527 g/mol. The van der Waals surface area contributed by atoms with Crippen LogP contribution in [0.2, 0.25) is 0 Å². The number of methoxy groups -OCH3 is 1. The second kappa shape index (κ2) is 9.14. The van der Waals surface area contributed by atoms with Crippen molar-refractivity contribution < 1.29 is 49.0 Å². The average molecular weight is 528 g/mol. The Labute approximate surface area is 217 Å². The molecule has 0 amide bonds. The van der Waals surface area contributed by atoms with Crippen LogP contribution in [0.5, 0.6) is 17.2 Å². The highest BCUT2D eigenvalue weighted by molar-refractivity contribution is 6.31. The van der Waals surface area contributed by atoms with E-state index in [1.807, 2.05) is 0 Å². The molecular formula is C27H29NO10. The number of aliphatic hydroxyl groups is 2. The van der Waals surface area contributed by atoms with Crippen molar-refractivity contribution in [1.82, 2.24) is 0 Å². The van der Waals surface area contributed by atoms with Crippen molar-refractivity contribution in [3.63, 3.8) is 0 Å². The molecule has 0 aromatic heterocycles. The van der Waals surface area contributed by atoms with Crippen molar-refractivity contribution in [2.75, 3.05) is 7.11 Å². The highest BCUT2D eigenvalue weighted by Gasteiger charge is 2.49. The van der Waals surface area contributed by atoms with Gasteiger partial charge in [0.2, 0.25) is 5.78 Å². The number of ketones is 3. The average Bonchev–Trinajstić information content (AvgIpc) is 2.85. The predicted octanol–water partition coefficient (Wildman–Crippen LogP) is 1.03. The van der Waals surface area contributed by atoms with Crippen LogP contribution in [0.15, 0.2) is 18.2 Å². The van der Waals surface area contributed by atoms with Crippen LogP contribution in [-0.2, 0) is 20.7 Å². The molecule has 202 valence electrons. The standard InChI is InChI=1S/C27H29NO10/c1-10-22(31)14(28)7-17(37-10)38-16-9-27(35,11(2)29)8-13-19(16)25(34)20-21(26(13)36-3)23(32)12-5-4-6-15(30)18(12)24(20)33/h4-6,10,14,16-17,22,30-31,34-35H,7-9,28H2,1-3H3/t10-,14-,16-,17-,22+,27-/m0/s1. The summed E-state index contributed by atoms with van der Waals surface area (Å²) in [5.74, 6) is -3.10. The molecule has 1 aliphatic heterocycles. The van der Waals surface area contributed by atoms with Crippen LogP contribution in [0, 0.1) is 0 Å². The first-order chi connectivity index (χ1) is 17.9. The minimum atomic E-state index is -1.94. The molecule has 2 aromatic carbocycles. The van der Waals surface area contributed by atoms with Gasteiger partial charge >= 0.3 is 0 Å². The molecule has 2 aliphatic carbocycles. The quantitative estimate of drug-likeness (QED) is 0.326. The molecule has 1 heterocycles. The molecule has 5 rings (SSSR count). The third-order valence-electron chi connectivity index (χ3n) is 7.78. The van der Waals surface area contributed by atoms with E-state index in [4.69, 9.17) is 19.9 Å². The van der Waals surface area contributed by atoms with Crippen LogP contribution in [0.4, 0.5) is 0 Å². The third-order valence-corrected chi connectivity index (χ3v) is 7.78. The van der Waals surface area contributed by atoms with Crippen molar-refractivity contribution in [2.24, 2.45) is 5.73 Å². The summed E-state index contributed by atoms with van der Waals surface area (Å²) in [6, 6.07) is 3.38. The summed E-state index contributed by atoms with van der Waals surface area (Å²) in [6.07, 6.45) is -4.28. The smallest absolute Gasteiger partial charge is 0.202 e. The Balaban J connectivity index is 1.71. The molecule has 0 unspecified atom stereocenters. The number of carbonyl (C=O) groups excluding carboxylic acids is 3. The summed E-state index contributed by atoms with van der Waals surface area (Å²) in [5.41, 5.74) is 3.37. The second-order valence-corrected chi connectivity index (χ2v) is 10.1. The maximum Gasteiger partial charge on any atom is 0.202 e. The van der Waals surface area contributed by atoms with E-state index in [1.165, 1.54) is 32.2 Å². The Bertz CT molecular complexity index is 1360. The fraction of sp³-hybridized carbons (Fsp3) is 0.444. The Morgan fingerprint density at radius 1 is 1.16 bits per heavy atom. The van der Waals surface area contributed by atoms with Gasteiger partial charge in [-0.3, -0.25) is 14.4 Å². The van der Waals surface area contributed by atoms with E-state index in [1.54, 1.807) is 6.92 Å². The van der Waals surface area contributed by atoms with Crippen molar-refractivity contribution in [2.45, 2.75) is 69.4 Å². The van der Waals surface area contributed by atoms with Crippen LogP contribution in [0.1, 0.15) is 75.8 Å². The van der Waals surface area contributed by atoms with E-state index >= 15 is 0 Å². The van der Waals surface area contributed by atoms with Gasteiger partial charge in [-0.05, 0) is 19.9 Å². The minimum absolute atomic E-state index is 0.0579. The summed E-state index contributed by atoms with van der Waals surface area (Å²) in [6.45, 7) is 2.83. The lowest BCUT2D eigenvalue weighted by molar-refractivity contribution is -0.247. The lowest BCUT2D eigenvalue weighted by atomic mass is 9.72. The first kappa shape index (κ1) is 26.3. The van der Waals surface area contributed by atoms with Gasteiger partial charge in [0.15, 0.2) is 17.9 Å². The fourth-order valence-corrected chi connectivity index (χ4v) is 5.71. The molecule has 6 N–H and O–H groups in total. The molecule has 11 nitrogen and oxygen atoms in total.